The fourth-order valence-corrected chi connectivity index (χ4v) is 3.26. The monoisotopic (exact) mass is 349 g/mol. The zero-order chi connectivity index (χ0) is 16.7. The van der Waals surface area contributed by atoms with Crippen molar-refractivity contribution in [3.63, 3.8) is 0 Å². The first-order valence-corrected chi connectivity index (χ1v) is 8.74. The summed E-state index contributed by atoms with van der Waals surface area (Å²) in [5.41, 5.74) is 2.29. The van der Waals surface area contributed by atoms with Crippen LogP contribution in [0.5, 0.6) is 5.75 Å². The summed E-state index contributed by atoms with van der Waals surface area (Å²) in [6.07, 6.45) is 0.743. The molecule has 1 N–H and O–H groups in total. The predicted molar refractivity (Wildman–Crippen MR) is 96.6 cm³/mol. The van der Waals surface area contributed by atoms with E-state index in [-0.39, 0.29) is 5.91 Å². The number of nitrogens with one attached hydrogen (secondary N) is 1. The lowest BCUT2D eigenvalue weighted by Gasteiger charge is -2.10. The third kappa shape index (κ3) is 5.48. The van der Waals surface area contributed by atoms with E-state index >= 15 is 0 Å². The first-order valence-electron chi connectivity index (χ1n) is 7.37. The highest BCUT2D eigenvalue weighted by Gasteiger charge is 2.07. The Morgan fingerprint density at radius 2 is 2.04 bits per heavy atom. The maximum absolute atomic E-state index is 11.9. The van der Waals surface area contributed by atoms with Crippen molar-refractivity contribution in [3.8, 4) is 5.75 Å². The molecule has 0 radical (unpaired) electrons. The third-order valence-electron chi connectivity index (χ3n) is 3.35. The Labute approximate surface area is 146 Å². The van der Waals surface area contributed by atoms with Crippen LogP contribution >= 0.6 is 23.4 Å². The fourth-order valence-electron chi connectivity index (χ4n) is 2.20. The number of rotatable bonds is 7. The van der Waals surface area contributed by atoms with E-state index in [1.807, 2.05) is 43.3 Å². The van der Waals surface area contributed by atoms with Gasteiger partial charge < -0.3 is 10.1 Å². The van der Waals surface area contributed by atoms with Crippen LogP contribution < -0.4 is 10.1 Å². The molecule has 1 amide bonds. The van der Waals surface area contributed by atoms with Crippen molar-refractivity contribution < 1.29 is 9.53 Å². The molecule has 0 spiro atoms. The highest BCUT2D eigenvalue weighted by molar-refractivity contribution is 8.00. The fraction of sp³-hybridized carbons (Fsp3) is 0.278. The van der Waals surface area contributed by atoms with E-state index in [0.717, 1.165) is 22.6 Å². The van der Waals surface area contributed by atoms with Crippen molar-refractivity contribution in [1.82, 2.24) is 5.32 Å². The molecule has 5 heteroatoms. The molecule has 2 aromatic carbocycles. The Bertz CT molecular complexity index is 676. The van der Waals surface area contributed by atoms with Crippen LogP contribution in [0.2, 0.25) is 5.02 Å². The Kier molecular flexibility index (Phi) is 6.81. The molecule has 0 aliphatic rings. The van der Waals surface area contributed by atoms with Gasteiger partial charge in [-0.25, -0.2) is 0 Å². The maximum Gasteiger partial charge on any atom is 0.230 e. The number of aryl methyl sites for hydroxylation is 1. The standard InChI is InChI=1S/C18H20ClNO2S/c1-13-7-8-16(22-2)14(11-13)9-10-20-18(21)12-23-17-6-4-3-5-15(17)19/h3-8,11H,9-10,12H2,1-2H3,(H,20,21). The second-order valence-electron chi connectivity index (χ2n) is 5.13. The summed E-state index contributed by atoms with van der Waals surface area (Å²) in [4.78, 5) is 12.9. The molecule has 0 unspecified atom stereocenters. The van der Waals surface area contributed by atoms with E-state index in [9.17, 15) is 4.79 Å². The van der Waals surface area contributed by atoms with Crippen molar-refractivity contribution in [3.05, 3.63) is 58.6 Å². The van der Waals surface area contributed by atoms with E-state index < -0.39 is 0 Å². The van der Waals surface area contributed by atoms with Crippen LogP contribution in [0.15, 0.2) is 47.4 Å². The normalized spacial score (nSPS) is 10.4. The van der Waals surface area contributed by atoms with Gasteiger partial charge in [0.15, 0.2) is 0 Å². The van der Waals surface area contributed by atoms with E-state index in [1.54, 1.807) is 7.11 Å². The lowest BCUT2D eigenvalue weighted by Crippen LogP contribution is -2.27. The second kappa shape index (κ2) is 8.85. The van der Waals surface area contributed by atoms with Gasteiger partial charge in [0, 0.05) is 11.4 Å². The number of hydrogen-bond acceptors (Lipinski definition) is 3. The number of halogens is 1. The van der Waals surface area contributed by atoms with Crippen molar-refractivity contribution in [2.24, 2.45) is 0 Å². The van der Waals surface area contributed by atoms with Gasteiger partial charge in [0.25, 0.3) is 0 Å². The first kappa shape index (κ1) is 17.7. The van der Waals surface area contributed by atoms with Crippen molar-refractivity contribution in [2.75, 3.05) is 19.4 Å². The maximum atomic E-state index is 11.9. The number of benzene rings is 2. The van der Waals surface area contributed by atoms with Crippen LogP contribution in [0.3, 0.4) is 0 Å². The van der Waals surface area contributed by atoms with Gasteiger partial charge in [-0.1, -0.05) is 41.4 Å². The highest BCUT2D eigenvalue weighted by Crippen LogP contribution is 2.26. The first-order chi connectivity index (χ1) is 11.1. The number of amides is 1. The molecule has 3 nitrogen and oxygen atoms in total. The molecule has 0 aliphatic carbocycles. The van der Waals surface area contributed by atoms with Gasteiger partial charge in [-0.3, -0.25) is 4.79 Å². The van der Waals surface area contributed by atoms with E-state index in [4.69, 9.17) is 16.3 Å². The zero-order valence-electron chi connectivity index (χ0n) is 13.3. The highest BCUT2D eigenvalue weighted by atomic mass is 35.5. The van der Waals surface area contributed by atoms with Gasteiger partial charge in [0.1, 0.15) is 5.75 Å². The summed E-state index contributed by atoms with van der Waals surface area (Å²) in [7, 11) is 1.66. The quantitative estimate of drug-likeness (QED) is 0.764. The summed E-state index contributed by atoms with van der Waals surface area (Å²) >= 11 is 7.52. The molecule has 0 bridgehead atoms. The number of ether oxygens (including phenoxy) is 1. The van der Waals surface area contributed by atoms with Crippen LogP contribution in [0, 0.1) is 6.92 Å². The lowest BCUT2D eigenvalue weighted by molar-refractivity contribution is -0.118. The molecule has 0 atom stereocenters. The zero-order valence-corrected chi connectivity index (χ0v) is 14.8. The molecule has 0 fully saturated rings. The number of carbonyl (C=O) groups excluding carboxylic acids is 1. The largest absolute Gasteiger partial charge is 0.496 e. The molecule has 23 heavy (non-hydrogen) atoms. The summed E-state index contributed by atoms with van der Waals surface area (Å²) < 4.78 is 5.34. The average Bonchev–Trinajstić information content (AvgIpc) is 2.54. The van der Waals surface area contributed by atoms with E-state index in [2.05, 4.69) is 11.4 Å². The second-order valence-corrected chi connectivity index (χ2v) is 6.56. The SMILES string of the molecule is COc1ccc(C)cc1CCNC(=O)CSc1ccccc1Cl. The number of carbonyl (C=O) groups is 1. The number of hydrogen-bond donors (Lipinski definition) is 1. The predicted octanol–water partition coefficient (Wildman–Crippen LogP) is 4.11. The smallest absolute Gasteiger partial charge is 0.230 e. The molecule has 0 saturated carbocycles. The van der Waals surface area contributed by atoms with Crippen LogP contribution in [-0.4, -0.2) is 25.3 Å². The van der Waals surface area contributed by atoms with Gasteiger partial charge in [-0.15, -0.1) is 11.8 Å². The summed E-state index contributed by atoms with van der Waals surface area (Å²) in [5.74, 6) is 1.21. The Morgan fingerprint density at radius 3 is 2.78 bits per heavy atom. The van der Waals surface area contributed by atoms with Gasteiger partial charge in [-0.05, 0) is 37.1 Å². The number of thioether (sulfide) groups is 1. The molecule has 0 saturated heterocycles. The number of methoxy groups -OCH3 is 1. The van der Waals surface area contributed by atoms with Crippen molar-refractivity contribution in [2.45, 2.75) is 18.2 Å². The van der Waals surface area contributed by atoms with Gasteiger partial charge in [0.05, 0.1) is 17.9 Å². The molecule has 0 aromatic heterocycles. The van der Waals surface area contributed by atoms with Crippen LogP contribution in [0.25, 0.3) is 0 Å². The van der Waals surface area contributed by atoms with E-state index in [0.29, 0.717) is 17.3 Å². The van der Waals surface area contributed by atoms with Gasteiger partial charge >= 0.3 is 0 Å². The van der Waals surface area contributed by atoms with Crippen LogP contribution in [0.4, 0.5) is 0 Å². The van der Waals surface area contributed by atoms with Crippen LogP contribution in [0.1, 0.15) is 11.1 Å². The Hall–Kier alpha value is -1.65. The van der Waals surface area contributed by atoms with Crippen LogP contribution in [-0.2, 0) is 11.2 Å². The molecule has 2 rings (SSSR count). The van der Waals surface area contributed by atoms with Gasteiger partial charge in [0.2, 0.25) is 5.91 Å². The van der Waals surface area contributed by atoms with Gasteiger partial charge in [-0.2, -0.15) is 0 Å². The van der Waals surface area contributed by atoms with Crippen molar-refractivity contribution in [1.29, 1.82) is 0 Å². The average molecular weight is 350 g/mol. The minimum atomic E-state index is 0.00143. The molecule has 0 heterocycles. The van der Waals surface area contributed by atoms with E-state index in [1.165, 1.54) is 17.3 Å². The summed E-state index contributed by atoms with van der Waals surface area (Å²) in [6, 6.07) is 13.6. The topological polar surface area (TPSA) is 38.3 Å². The third-order valence-corrected chi connectivity index (χ3v) is 4.86. The summed E-state index contributed by atoms with van der Waals surface area (Å²) in [6.45, 7) is 2.63. The summed E-state index contributed by atoms with van der Waals surface area (Å²) in [5, 5.41) is 3.61. The molecule has 122 valence electrons. The Morgan fingerprint density at radius 1 is 1.26 bits per heavy atom. The molecular weight excluding hydrogens is 330 g/mol. The minimum Gasteiger partial charge on any atom is -0.496 e. The Balaban J connectivity index is 1.79. The lowest BCUT2D eigenvalue weighted by atomic mass is 10.1. The molecule has 2 aromatic rings. The minimum absolute atomic E-state index is 0.00143. The molecular formula is C18H20ClNO2S. The molecule has 0 aliphatic heterocycles. The van der Waals surface area contributed by atoms with Crippen molar-refractivity contribution >= 4 is 29.3 Å².